The fraction of sp³-hybridized carbons (Fsp3) is 0.188. The Balaban J connectivity index is 1.24. The first-order chi connectivity index (χ1) is 22.5. The summed E-state index contributed by atoms with van der Waals surface area (Å²) in [5.41, 5.74) is 0.418. The lowest BCUT2D eigenvalue weighted by molar-refractivity contribution is -0.119. The molecular formula is C32H28N6O6S2. The molecule has 2 amide bonds. The van der Waals surface area contributed by atoms with E-state index in [4.69, 9.17) is 8.83 Å². The van der Waals surface area contributed by atoms with Crippen molar-refractivity contribution in [1.82, 2.24) is 29.7 Å². The average molecular weight is 657 g/mol. The van der Waals surface area contributed by atoms with Crippen LogP contribution in [0, 0.1) is 0 Å². The Labute approximate surface area is 270 Å². The van der Waals surface area contributed by atoms with Gasteiger partial charge in [-0.25, -0.2) is 9.97 Å². The number of amides is 2. The second-order valence-electron chi connectivity index (χ2n) is 10.0. The lowest BCUT2D eigenvalue weighted by Gasteiger charge is -2.16. The fourth-order valence-electron chi connectivity index (χ4n) is 4.67. The molecule has 0 unspecified atom stereocenters. The summed E-state index contributed by atoms with van der Waals surface area (Å²) in [6.45, 7) is 0.628. The summed E-state index contributed by atoms with van der Waals surface area (Å²) in [6.07, 6.45) is 3.07. The van der Waals surface area contributed by atoms with E-state index in [1.807, 2.05) is 0 Å². The number of nitrogens with zero attached hydrogens (tertiary/aromatic N) is 4. The highest BCUT2D eigenvalue weighted by Gasteiger charge is 2.17. The number of hydrogen-bond acceptors (Lipinski definition) is 10. The van der Waals surface area contributed by atoms with E-state index in [0.717, 1.165) is 23.5 Å². The van der Waals surface area contributed by atoms with Gasteiger partial charge in [-0.1, -0.05) is 47.8 Å². The van der Waals surface area contributed by atoms with Gasteiger partial charge in [0.25, 0.3) is 11.1 Å². The van der Waals surface area contributed by atoms with Crippen LogP contribution in [-0.2, 0) is 35.8 Å². The second-order valence-corrected chi connectivity index (χ2v) is 11.9. The Hall–Kier alpha value is -5.08. The van der Waals surface area contributed by atoms with Crippen LogP contribution in [-0.4, -0.2) is 42.4 Å². The largest absolute Gasteiger partial charge is 0.467 e. The predicted molar refractivity (Wildman–Crippen MR) is 175 cm³/mol. The van der Waals surface area contributed by atoms with Crippen molar-refractivity contribution < 1.29 is 18.4 Å². The zero-order valence-corrected chi connectivity index (χ0v) is 26.0. The van der Waals surface area contributed by atoms with Gasteiger partial charge in [0, 0.05) is 13.1 Å². The SMILES string of the molecule is O=C(CSc1nc2ccccc2c(=O)n1CCn1c(SCC(=O)NCc2ccco2)nc2ccccc2c1=O)NCc1ccco1. The van der Waals surface area contributed by atoms with Gasteiger partial charge in [-0.3, -0.25) is 28.3 Å². The molecule has 2 aromatic carbocycles. The standard InChI is InChI=1S/C32H28N6O6S2/c39-27(33-17-21-7-5-15-43-21)19-45-31-35-25-11-3-1-9-23(25)29(41)37(31)13-14-38-30(42)24-10-2-4-12-26(24)36-32(38)46-20-28(40)34-18-22-8-6-16-44-22/h1-12,15-16H,13-14,17-20H2,(H,33,39)(H,34,40). The van der Waals surface area contributed by atoms with Crippen molar-refractivity contribution in [2.75, 3.05) is 11.5 Å². The lowest BCUT2D eigenvalue weighted by atomic mass is 10.2. The van der Waals surface area contributed by atoms with Crippen molar-refractivity contribution in [1.29, 1.82) is 0 Å². The maximum atomic E-state index is 13.7. The molecule has 0 bridgehead atoms. The number of benzene rings is 2. The van der Waals surface area contributed by atoms with Crippen LogP contribution in [0.25, 0.3) is 21.8 Å². The van der Waals surface area contributed by atoms with E-state index in [1.54, 1.807) is 72.8 Å². The molecule has 0 aliphatic carbocycles. The zero-order chi connectivity index (χ0) is 31.9. The first-order valence-corrected chi connectivity index (χ1v) is 16.3. The summed E-state index contributed by atoms with van der Waals surface area (Å²) < 4.78 is 13.5. The third-order valence-electron chi connectivity index (χ3n) is 6.94. The molecule has 0 fully saturated rings. The van der Waals surface area contributed by atoms with Crippen molar-refractivity contribution in [2.45, 2.75) is 36.5 Å². The fourth-order valence-corrected chi connectivity index (χ4v) is 6.38. The van der Waals surface area contributed by atoms with Crippen LogP contribution in [0.1, 0.15) is 11.5 Å². The van der Waals surface area contributed by atoms with Crippen LogP contribution >= 0.6 is 23.5 Å². The number of nitrogens with one attached hydrogen (secondary N) is 2. The molecule has 2 N–H and O–H groups in total. The Bertz CT molecular complexity index is 1960. The monoisotopic (exact) mass is 656 g/mol. The van der Waals surface area contributed by atoms with E-state index < -0.39 is 0 Å². The molecule has 0 aliphatic rings. The van der Waals surface area contributed by atoms with Crippen LogP contribution in [0.4, 0.5) is 0 Å². The van der Waals surface area contributed by atoms with Gasteiger partial charge in [0.15, 0.2) is 10.3 Å². The summed E-state index contributed by atoms with van der Waals surface area (Å²) in [4.78, 5) is 62.0. The van der Waals surface area contributed by atoms with Gasteiger partial charge in [-0.2, -0.15) is 0 Å². The number of furan rings is 2. The summed E-state index contributed by atoms with van der Waals surface area (Å²) in [5, 5.41) is 7.10. The molecular weight excluding hydrogens is 629 g/mol. The highest BCUT2D eigenvalue weighted by molar-refractivity contribution is 8.00. The minimum atomic E-state index is -0.294. The first kappa shape index (κ1) is 30.9. The third kappa shape index (κ3) is 7.24. The number of carbonyl (C=O) groups is 2. The molecule has 0 atom stereocenters. The highest BCUT2D eigenvalue weighted by atomic mass is 32.2. The molecule has 4 aromatic heterocycles. The number of thioether (sulfide) groups is 2. The van der Waals surface area contributed by atoms with E-state index in [1.165, 1.54) is 21.7 Å². The van der Waals surface area contributed by atoms with Gasteiger partial charge in [0.05, 0.1) is 58.9 Å². The topological polar surface area (TPSA) is 154 Å². The molecule has 6 aromatic rings. The maximum Gasteiger partial charge on any atom is 0.262 e. The molecule has 0 spiro atoms. The van der Waals surface area contributed by atoms with Crippen molar-refractivity contribution >= 4 is 57.1 Å². The molecule has 0 saturated heterocycles. The van der Waals surface area contributed by atoms with Gasteiger partial charge < -0.3 is 19.5 Å². The Kier molecular flexibility index (Phi) is 9.65. The van der Waals surface area contributed by atoms with E-state index >= 15 is 0 Å². The normalized spacial score (nSPS) is 11.2. The number of aromatic nitrogens is 4. The minimum absolute atomic E-state index is 0.0111. The molecule has 12 nitrogen and oxygen atoms in total. The van der Waals surface area contributed by atoms with Gasteiger partial charge in [0.1, 0.15) is 11.5 Å². The van der Waals surface area contributed by atoms with Crippen LogP contribution in [0.3, 0.4) is 0 Å². The number of rotatable bonds is 13. The van der Waals surface area contributed by atoms with Gasteiger partial charge in [-0.15, -0.1) is 0 Å². The lowest BCUT2D eigenvalue weighted by Crippen LogP contribution is -2.31. The smallest absolute Gasteiger partial charge is 0.262 e. The van der Waals surface area contributed by atoms with Gasteiger partial charge in [-0.05, 0) is 48.5 Å². The number of hydrogen-bond donors (Lipinski definition) is 2. The van der Waals surface area contributed by atoms with Crippen LogP contribution in [0.15, 0.2) is 114 Å². The Morgan fingerprint density at radius 3 is 1.48 bits per heavy atom. The van der Waals surface area contributed by atoms with Crippen LogP contribution < -0.4 is 21.8 Å². The molecule has 0 saturated carbocycles. The number of fused-ring (bicyclic) bond motifs is 2. The van der Waals surface area contributed by atoms with E-state index in [-0.39, 0.29) is 60.6 Å². The second kappa shape index (κ2) is 14.3. The summed E-state index contributed by atoms with van der Waals surface area (Å²) in [6, 6.07) is 21.0. The molecule has 4 heterocycles. The maximum absolute atomic E-state index is 13.7. The van der Waals surface area contributed by atoms with E-state index in [9.17, 15) is 19.2 Å². The third-order valence-corrected chi connectivity index (χ3v) is 8.90. The molecule has 46 heavy (non-hydrogen) atoms. The van der Waals surface area contributed by atoms with E-state index in [0.29, 0.717) is 43.6 Å². The number of carbonyl (C=O) groups excluding carboxylic acids is 2. The minimum Gasteiger partial charge on any atom is -0.467 e. The van der Waals surface area contributed by atoms with Crippen LogP contribution in [0.5, 0.6) is 0 Å². The molecule has 14 heteroatoms. The van der Waals surface area contributed by atoms with Crippen molar-refractivity contribution in [2.24, 2.45) is 0 Å². The average Bonchev–Trinajstić information content (AvgIpc) is 3.80. The highest BCUT2D eigenvalue weighted by Crippen LogP contribution is 2.20. The summed E-state index contributed by atoms with van der Waals surface area (Å²) in [7, 11) is 0. The van der Waals surface area contributed by atoms with Crippen molar-refractivity contribution in [3.63, 3.8) is 0 Å². The Morgan fingerprint density at radius 1 is 0.630 bits per heavy atom. The summed E-state index contributed by atoms with van der Waals surface area (Å²) in [5.74, 6) is 0.756. The Morgan fingerprint density at radius 2 is 1.07 bits per heavy atom. The van der Waals surface area contributed by atoms with Crippen molar-refractivity contribution in [3.05, 3.63) is 118 Å². The molecule has 234 valence electrons. The van der Waals surface area contributed by atoms with E-state index in [2.05, 4.69) is 20.6 Å². The predicted octanol–water partition coefficient (Wildman–Crippen LogP) is 3.81. The molecule has 0 radical (unpaired) electrons. The first-order valence-electron chi connectivity index (χ1n) is 14.3. The van der Waals surface area contributed by atoms with Crippen LogP contribution in [0.2, 0.25) is 0 Å². The molecule has 6 rings (SSSR count). The van der Waals surface area contributed by atoms with Gasteiger partial charge in [0.2, 0.25) is 11.8 Å². The zero-order valence-electron chi connectivity index (χ0n) is 24.4. The summed E-state index contributed by atoms with van der Waals surface area (Å²) >= 11 is 2.25. The number of para-hydroxylation sites is 2. The van der Waals surface area contributed by atoms with Crippen molar-refractivity contribution in [3.8, 4) is 0 Å². The quantitative estimate of drug-likeness (QED) is 0.139. The molecule has 0 aliphatic heterocycles. The van der Waals surface area contributed by atoms with Gasteiger partial charge >= 0.3 is 0 Å².